The number of hydrogen-bond donors (Lipinski definition) is 0. The summed E-state index contributed by atoms with van der Waals surface area (Å²) in [5, 5.41) is 0. The predicted molar refractivity (Wildman–Crippen MR) is 61.3 cm³/mol. The number of isocyanates is 1. The quantitative estimate of drug-likeness (QED) is 0.577. The molecule has 86 valence electrons. The summed E-state index contributed by atoms with van der Waals surface area (Å²) < 4.78 is 5.63. The highest BCUT2D eigenvalue weighted by atomic mass is 16.5. The van der Waals surface area contributed by atoms with Crippen molar-refractivity contribution in [3.8, 4) is 5.88 Å². The third-order valence-electron chi connectivity index (χ3n) is 1.74. The lowest BCUT2D eigenvalue weighted by molar-refractivity contribution is 0.124. The van der Waals surface area contributed by atoms with Gasteiger partial charge >= 0.3 is 0 Å². The molecule has 1 rings (SSSR count). The summed E-state index contributed by atoms with van der Waals surface area (Å²) in [7, 11) is 0. The Hall–Kier alpha value is -1.67. The van der Waals surface area contributed by atoms with Gasteiger partial charge in [-0.2, -0.15) is 0 Å². The molecule has 0 saturated heterocycles. The first-order valence-corrected chi connectivity index (χ1v) is 5.20. The van der Waals surface area contributed by atoms with Crippen molar-refractivity contribution in [3.63, 3.8) is 0 Å². The molecule has 0 amide bonds. The van der Waals surface area contributed by atoms with E-state index in [1.54, 1.807) is 0 Å². The van der Waals surface area contributed by atoms with E-state index in [1.807, 2.05) is 39.0 Å². The molecule has 4 nitrogen and oxygen atoms in total. The van der Waals surface area contributed by atoms with Crippen LogP contribution in [0.4, 0.5) is 0 Å². The lowest BCUT2D eigenvalue weighted by Crippen LogP contribution is -2.23. The molecule has 0 fully saturated rings. The largest absolute Gasteiger partial charge is 0.472 e. The summed E-state index contributed by atoms with van der Waals surface area (Å²) in [5.74, 6) is 0.597. The van der Waals surface area contributed by atoms with E-state index in [-0.39, 0.29) is 5.60 Å². The minimum atomic E-state index is -0.257. The molecule has 16 heavy (non-hydrogen) atoms. The maximum absolute atomic E-state index is 9.91. The number of ether oxygens (including phenoxy) is 1. The lowest BCUT2D eigenvalue weighted by Gasteiger charge is -2.20. The van der Waals surface area contributed by atoms with Crippen LogP contribution >= 0.6 is 0 Å². The fraction of sp³-hybridized carbons (Fsp3) is 0.500. The Morgan fingerprint density at radius 1 is 1.44 bits per heavy atom. The van der Waals surface area contributed by atoms with Gasteiger partial charge in [0.2, 0.25) is 12.0 Å². The van der Waals surface area contributed by atoms with Crippen molar-refractivity contribution < 1.29 is 9.53 Å². The normalized spacial score (nSPS) is 10.7. The van der Waals surface area contributed by atoms with Gasteiger partial charge in [-0.25, -0.2) is 14.8 Å². The molecule has 0 atom stereocenters. The van der Waals surface area contributed by atoms with E-state index in [2.05, 4.69) is 9.98 Å². The first-order chi connectivity index (χ1) is 7.51. The highest BCUT2D eigenvalue weighted by molar-refractivity contribution is 5.32. The van der Waals surface area contributed by atoms with E-state index >= 15 is 0 Å². The van der Waals surface area contributed by atoms with Gasteiger partial charge in [-0.1, -0.05) is 6.07 Å². The molecule has 4 heteroatoms. The van der Waals surface area contributed by atoms with E-state index < -0.39 is 0 Å². The number of aromatic nitrogens is 1. The molecule has 1 aromatic rings. The fourth-order valence-electron chi connectivity index (χ4n) is 1.18. The van der Waals surface area contributed by atoms with Gasteiger partial charge < -0.3 is 4.74 Å². The molecule has 1 aromatic heterocycles. The molecule has 0 saturated carbocycles. The summed E-state index contributed by atoms with van der Waals surface area (Å²) in [5.41, 5.74) is 0.604. The third kappa shape index (κ3) is 4.71. The second-order valence-electron chi connectivity index (χ2n) is 4.40. The fourth-order valence-corrected chi connectivity index (χ4v) is 1.18. The highest BCUT2D eigenvalue weighted by Gasteiger charge is 2.12. The average Bonchev–Trinajstić information content (AvgIpc) is 2.16. The number of rotatable bonds is 4. The van der Waals surface area contributed by atoms with Gasteiger partial charge in [0.25, 0.3) is 0 Å². The third-order valence-corrected chi connectivity index (χ3v) is 1.74. The zero-order valence-electron chi connectivity index (χ0n) is 9.86. The smallest absolute Gasteiger partial charge is 0.234 e. The minimum Gasteiger partial charge on any atom is -0.472 e. The first kappa shape index (κ1) is 12.4. The topological polar surface area (TPSA) is 51.5 Å². The van der Waals surface area contributed by atoms with Crippen LogP contribution in [0.25, 0.3) is 0 Å². The second-order valence-corrected chi connectivity index (χ2v) is 4.40. The van der Waals surface area contributed by atoms with E-state index in [0.29, 0.717) is 18.8 Å². The van der Waals surface area contributed by atoms with Gasteiger partial charge in [-0.05, 0) is 26.8 Å². The number of hydrogen-bond acceptors (Lipinski definition) is 4. The van der Waals surface area contributed by atoms with Crippen LogP contribution in [0.1, 0.15) is 26.5 Å². The van der Waals surface area contributed by atoms with E-state index in [9.17, 15) is 4.79 Å². The Morgan fingerprint density at radius 3 is 2.81 bits per heavy atom. The summed E-state index contributed by atoms with van der Waals surface area (Å²) in [6.07, 6.45) is 2.13. The van der Waals surface area contributed by atoms with Crippen molar-refractivity contribution in [2.75, 3.05) is 6.54 Å². The van der Waals surface area contributed by atoms with Crippen LogP contribution in [0.3, 0.4) is 0 Å². The van der Waals surface area contributed by atoms with Crippen molar-refractivity contribution in [3.05, 3.63) is 23.9 Å². The molecule has 1 heterocycles. The Kier molecular flexibility index (Phi) is 4.20. The van der Waals surface area contributed by atoms with Crippen molar-refractivity contribution in [2.45, 2.75) is 32.8 Å². The van der Waals surface area contributed by atoms with Gasteiger partial charge in [0.15, 0.2) is 0 Å². The first-order valence-electron chi connectivity index (χ1n) is 5.20. The van der Waals surface area contributed by atoms with Crippen LogP contribution in [0.2, 0.25) is 0 Å². The summed E-state index contributed by atoms with van der Waals surface area (Å²) in [4.78, 5) is 17.7. The number of nitrogens with zero attached hydrogens (tertiary/aromatic N) is 2. The van der Waals surface area contributed by atoms with Gasteiger partial charge in [0.05, 0.1) is 6.54 Å². The Morgan fingerprint density at radius 2 is 2.19 bits per heavy atom. The summed E-state index contributed by atoms with van der Waals surface area (Å²) in [6, 6.07) is 5.58. The molecule has 0 aromatic carbocycles. The molecule has 0 aliphatic carbocycles. The minimum absolute atomic E-state index is 0.257. The van der Waals surface area contributed by atoms with Gasteiger partial charge in [-0.3, -0.25) is 0 Å². The maximum atomic E-state index is 9.91. The van der Waals surface area contributed by atoms with Crippen molar-refractivity contribution in [2.24, 2.45) is 4.99 Å². The lowest BCUT2D eigenvalue weighted by atomic mass is 10.2. The number of carbonyl (C=O) groups excluding carboxylic acids is 1. The summed E-state index contributed by atoms with van der Waals surface area (Å²) in [6.45, 7) is 6.32. The van der Waals surface area contributed by atoms with Crippen LogP contribution in [-0.2, 0) is 11.2 Å². The van der Waals surface area contributed by atoms with Gasteiger partial charge in [0.1, 0.15) is 5.60 Å². The van der Waals surface area contributed by atoms with Crippen LogP contribution in [0.15, 0.2) is 23.2 Å². The van der Waals surface area contributed by atoms with Gasteiger partial charge in [0, 0.05) is 18.2 Å². The molecule has 0 bridgehead atoms. The SMILES string of the molecule is CC(C)(C)Oc1cccc(CCN=C=O)n1. The Bertz CT molecular complexity index is 390. The Balaban J connectivity index is 2.67. The van der Waals surface area contributed by atoms with E-state index in [4.69, 9.17) is 4.74 Å². The molecule has 0 N–H and O–H groups in total. The average molecular weight is 220 g/mol. The second kappa shape index (κ2) is 5.42. The summed E-state index contributed by atoms with van der Waals surface area (Å²) >= 11 is 0. The standard InChI is InChI=1S/C12H16N2O2/c1-12(2,3)16-11-6-4-5-10(14-11)7-8-13-9-15/h4-6H,7-8H2,1-3H3. The van der Waals surface area contributed by atoms with Crippen LogP contribution in [0.5, 0.6) is 5.88 Å². The van der Waals surface area contributed by atoms with E-state index in [1.165, 1.54) is 6.08 Å². The monoisotopic (exact) mass is 220 g/mol. The molecule has 0 unspecified atom stereocenters. The molecule has 0 aliphatic heterocycles. The van der Waals surface area contributed by atoms with Crippen molar-refractivity contribution >= 4 is 6.08 Å². The zero-order chi connectivity index (χ0) is 12.0. The molecular formula is C12H16N2O2. The van der Waals surface area contributed by atoms with Gasteiger partial charge in [-0.15, -0.1) is 0 Å². The highest BCUT2D eigenvalue weighted by Crippen LogP contribution is 2.15. The number of pyridine rings is 1. The van der Waals surface area contributed by atoms with Crippen LogP contribution < -0.4 is 4.74 Å². The molecule has 0 aliphatic rings. The predicted octanol–water partition coefficient (Wildman–Crippen LogP) is 2.14. The number of aliphatic imine (C=N–C) groups is 1. The molecule has 0 radical (unpaired) electrons. The molecular weight excluding hydrogens is 204 g/mol. The maximum Gasteiger partial charge on any atom is 0.234 e. The van der Waals surface area contributed by atoms with Crippen molar-refractivity contribution in [1.29, 1.82) is 0 Å². The zero-order valence-corrected chi connectivity index (χ0v) is 9.86. The van der Waals surface area contributed by atoms with Crippen LogP contribution in [0, 0.1) is 0 Å². The molecule has 0 spiro atoms. The van der Waals surface area contributed by atoms with Crippen LogP contribution in [-0.4, -0.2) is 23.2 Å². The Labute approximate surface area is 95.4 Å². The van der Waals surface area contributed by atoms with E-state index in [0.717, 1.165) is 5.69 Å². The van der Waals surface area contributed by atoms with Crippen molar-refractivity contribution in [1.82, 2.24) is 4.98 Å².